The Bertz CT molecular complexity index is 896. The predicted molar refractivity (Wildman–Crippen MR) is 87.6 cm³/mol. The van der Waals surface area contributed by atoms with Crippen molar-refractivity contribution in [1.29, 1.82) is 0 Å². The number of anilines is 2. The number of benzene rings is 2. The van der Waals surface area contributed by atoms with Crippen molar-refractivity contribution in [3.63, 3.8) is 0 Å². The molecule has 0 spiro atoms. The summed E-state index contributed by atoms with van der Waals surface area (Å²) in [7, 11) is -3.82. The lowest BCUT2D eigenvalue weighted by molar-refractivity contribution is -0.118. The summed E-state index contributed by atoms with van der Waals surface area (Å²) in [5.41, 5.74) is 1.47. The van der Waals surface area contributed by atoms with Gasteiger partial charge < -0.3 is 10.1 Å². The van der Waals surface area contributed by atoms with Gasteiger partial charge in [-0.05, 0) is 42.8 Å². The van der Waals surface area contributed by atoms with E-state index in [1.165, 1.54) is 24.3 Å². The van der Waals surface area contributed by atoms with Crippen molar-refractivity contribution >= 4 is 38.9 Å². The minimum absolute atomic E-state index is 0.0152. The van der Waals surface area contributed by atoms with E-state index in [-0.39, 0.29) is 17.4 Å². The van der Waals surface area contributed by atoms with E-state index in [0.29, 0.717) is 22.1 Å². The minimum Gasteiger partial charge on any atom is -0.482 e. The highest BCUT2D eigenvalue weighted by atomic mass is 35.5. The summed E-state index contributed by atoms with van der Waals surface area (Å²) in [4.78, 5) is 11.4. The van der Waals surface area contributed by atoms with Gasteiger partial charge in [0.15, 0.2) is 6.61 Å². The summed E-state index contributed by atoms with van der Waals surface area (Å²) < 4.78 is 32.8. The van der Waals surface area contributed by atoms with E-state index in [9.17, 15) is 13.2 Å². The highest BCUT2D eigenvalue weighted by molar-refractivity contribution is 7.92. The smallest absolute Gasteiger partial charge is 0.262 e. The zero-order valence-corrected chi connectivity index (χ0v) is 13.7. The first-order valence-electron chi connectivity index (χ1n) is 6.71. The van der Waals surface area contributed by atoms with Crippen molar-refractivity contribution in [2.45, 2.75) is 11.8 Å². The van der Waals surface area contributed by atoms with Gasteiger partial charge in [-0.1, -0.05) is 17.7 Å². The lowest BCUT2D eigenvalue weighted by Crippen LogP contribution is -2.25. The standard InChI is InChI=1S/C15H13ClN2O4S/c1-9-2-3-10(16)6-12(9)18-23(20,21)11-4-5-14-13(7-11)17-15(19)8-22-14/h2-7,18H,8H2,1H3,(H,17,19). The van der Waals surface area contributed by atoms with Gasteiger partial charge in [-0.15, -0.1) is 0 Å². The average Bonchev–Trinajstić information content (AvgIpc) is 2.50. The monoisotopic (exact) mass is 352 g/mol. The molecule has 1 amide bonds. The van der Waals surface area contributed by atoms with E-state index >= 15 is 0 Å². The van der Waals surface area contributed by atoms with E-state index in [4.69, 9.17) is 16.3 Å². The highest BCUT2D eigenvalue weighted by Gasteiger charge is 2.21. The molecule has 120 valence electrons. The van der Waals surface area contributed by atoms with Gasteiger partial charge >= 0.3 is 0 Å². The Labute approximate surface area is 138 Å². The highest BCUT2D eigenvalue weighted by Crippen LogP contribution is 2.31. The molecular formula is C15H13ClN2O4S. The number of fused-ring (bicyclic) bond motifs is 1. The molecule has 0 aromatic heterocycles. The minimum atomic E-state index is -3.82. The molecule has 0 atom stereocenters. The molecule has 0 fully saturated rings. The third-order valence-corrected chi connectivity index (χ3v) is 4.94. The fourth-order valence-electron chi connectivity index (χ4n) is 2.14. The van der Waals surface area contributed by atoms with Crippen molar-refractivity contribution in [2.75, 3.05) is 16.6 Å². The number of hydrogen-bond acceptors (Lipinski definition) is 4. The molecular weight excluding hydrogens is 340 g/mol. The first-order chi connectivity index (χ1) is 10.8. The first kappa shape index (κ1) is 15.6. The number of ether oxygens (including phenoxy) is 1. The summed E-state index contributed by atoms with van der Waals surface area (Å²) in [5.74, 6) is 0.105. The first-order valence-corrected chi connectivity index (χ1v) is 8.57. The molecule has 23 heavy (non-hydrogen) atoms. The molecule has 6 nitrogen and oxygen atoms in total. The molecule has 2 aromatic rings. The summed E-state index contributed by atoms with van der Waals surface area (Å²) in [6, 6.07) is 9.22. The van der Waals surface area contributed by atoms with Crippen molar-refractivity contribution in [3.8, 4) is 5.75 Å². The van der Waals surface area contributed by atoms with Crippen molar-refractivity contribution in [1.82, 2.24) is 0 Å². The summed E-state index contributed by atoms with van der Waals surface area (Å²) in [5, 5.41) is 3.01. The number of carbonyl (C=O) groups is 1. The van der Waals surface area contributed by atoms with Crippen LogP contribution in [0.25, 0.3) is 0 Å². The van der Waals surface area contributed by atoms with Crippen LogP contribution < -0.4 is 14.8 Å². The van der Waals surface area contributed by atoms with Crippen LogP contribution in [-0.4, -0.2) is 20.9 Å². The predicted octanol–water partition coefficient (Wildman–Crippen LogP) is 2.78. The van der Waals surface area contributed by atoms with Crippen LogP contribution in [0.5, 0.6) is 5.75 Å². The molecule has 1 heterocycles. The number of carbonyl (C=O) groups excluding carboxylic acids is 1. The Morgan fingerprint density at radius 2 is 2.00 bits per heavy atom. The summed E-state index contributed by atoms with van der Waals surface area (Å²) >= 11 is 5.90. The van der Waals surface area contributed by atoms with Gasteiger partial charge in [0.25, 0.3) is 15.9 Å². The van der Waals surface area contributed by atoms with E-state index in [1.807, 2.05) is 0 Å². The molecule has 1 aliphatic rings. The number of amides is 1. The quantitative estimate of drug-likeness (QED) is 0.889. The van der Waals surface area contributed by atoms with Crippen LogP contribution in [0, 0.1) is 6.92 Å². The summed E-state index contributed by atoms with van der Waals surface area (Å²) in [6.07, 6.45) is 0. The van der Waals surface area contributed by atoms with Gasteiger partial charge in [-0.3, -0.25) is 9.52 Å². The molecule has 0 saturated carbocycles. The van der Waals surface area contributed by atoms with Crippen molar-refractivity contribution < 1.29 is 17.9 Å². The third-order valence-electron chi connectivity index (χ3n) is 3.34. The molecule has 0 radical (unpaired) electrons. The molecule has 0 unspecified atom stereocenters. The van der Waals surface area contributed by atoms with Gasteiger partial charge in [-0.25, -0.2) is 8.42 Å². The van der Waals surface area contributed by atoms with Crippen LogP contribution in [0.15, 0.2) is 41.3 Å². The van der Waals surface area contributed by atoms with Crippen molar-refractivity contribution in [3.05, 3.63) is 47.0 Å². The maximum atomic E-state index is 12.5. The van der Waals surface area contributed by atoms with Crippen LogP contribution in [0.4, 0.5) is 11.4 Å². The van der Waals surface area contributed by atoms with Gasteiger partial charge in [0.1, 0.15) is 5.75 Å². The summed E-state index contributed by atoms with van der Waals surface area (Å²) in [6.45, 7) is 1.69. The molecule has 0 saturated heterocycles. The number of nitrogens with one attached hydrogen (secondary N) is 2. The van der Waals surface area contributed by atoms with Crippen LogP contribution >= 0.6 is 11.6 Å². The van der Waals surface area contributed by atoms with Gasteiger partial charge in [0.2, 0.25) is 0 Å². The Hall–Kier alpha value is -2.25. The average molecular weight is 353 g/mol. The van der Waals surface area contributed by atoms with Crippen LogP contribution in [0.3, 0.4) is 0 Å². The van der Waals surface area contributed by atoms with Gasteiger partial charge in [0.05, 0.1) is 16.3 Å². The number of sulfonamides is 1. The number of aryl methyl sites for hydroxylation is 1. The maximum Gasteiger partial charge on any atom is 0.262 e. The topological polar surface area (TPSA) is 84.5 Å². The second-order valence-corrected chi connectivity index (χ2v) is 7.18. The van der Waals surface area contributed by atoms with Crippen LogP contribution in [0.2, 0.25) is 5.02 Å². The van der Waals surface area contributed by atoms with Crippen LogP contribution in [0.1, 0.15) is 5.56 Å². The molecule has 2 N–H and O–H groups in total. The Kier molecular flexibility index (Phi) is 3.91. The fourth-order valence-corrected chi connectivity index (χ4v) is 3.46. The number of hydrogen-bond donors (Lipinski definition) is 2. The largest absolute Gasteiger partial charge is 0.482 e. The van der Waals surface area contributed by atoms with Crippen LogP contribution in [-0.2, 0) is 14.8 Å². The molecule has 0 aliphatic carbocycles. The Morgan fingerprint density at radius 1 is 1.22 bits per heavy atom. The van der Waals surface area contributed by atoms with E-state index in [1.54, 1.807) is 19.1 Å². The molecule has 8 heteroatoms. The second kappa shape index (κ2) is 5.75. The third kappa shape index (κ3) is 3.25. The molecule has 2 aromatic carbocycles. The van der Waals surface area contributed by atoms with Gasteiger partial charge in [0, 0.05) is 5.02 Å². The zero-order chi connectivity index (χ0) is 16.6. The maximum absolute atomic E-state index is 12.5. The van der Waals surface area contributed by atoms with E-state index < -0.39 is 10.0 Å². The normalized spacial score (nSPS) is 13.7. The van der Waals surface area contributed by atoms with E-state index in [0.717, 1.165) is 5.56 Å². The van der Waals surface area contributed by atoms with E-state index in [2.05, 4.69) is 10.0 Å². The van der Waals surface area contributed by atoms with Crippen molar-refractivity contribution in [2.24, 2.45) is 0 Å². The lowest BCUT2D eigenvalue weighted by atomic mass is 10.2. The number of rotatable bonds is 3. The fraction of sp³-hybridized carbons (Fsp3) is 0.133. The number of halogens is 1. The van der Waals surface area contributed by atoms with Gasteiger partial charge in [-0.2, -0.15) is 0 Å². The molecule has 3 rings (SSSR count). The Balaban J connectivity index is 1.95. The second-order valence-electron chi connectivity index (χ2n) is 5.06. The molecule has 0 bridgehead atoms. The molecule has 1 aliphatic heterocycles. The lowest BCUT2D eigenvalue weighted by Gasteiger charge is -2.19. The Morgan fingerprint density at radius 3 is 2.78 bits per heavy atom. The SMILES string of the molecule is Cc1ccc(Cl)cc1NS(=O)(=O)c1ccc2c(c1)NC(=O)CO2. The zero-order valence-electron chi connectivity index (χ0n) is 12.1.